The molecule has 1 amide bonds. The molecule has 0 atom stereocenters. The molecule has 0 spiro atoms. The lowest BCUT2D eigenvalue weighted by molar-refractivity contribution is 0.0916. The largest absolute Gasteiger partial charge is 0.351 e. The van der Waals surface area contributed by atoms with Crippen LogP contribution in [0.4, 0.5) is 8.78 Å². The van der Waals surface area contributed by atoms with Crippen molar-refractivity contribution < 1.29 is 13.6 Å². The molecule has 1 aromatic rings. The van der Waals surface area contributed by atoms with E-state index in [1.54, 1.807) is 0 Å². The fraction of sp³-hybridized carbons (Fsp3) is 0.533. The number of amides is 1. The van der Waals surface area contributed by atoms with Crippen molar-refractivity contribution in [2.75, 3.05) is 12.4 Å². The molecule has 0 bridgehead atoms. The molecule has 1 aromatic carbocycles. The number of carbonyl (C=O) groups is 1. The van der Waals surface area contributed by atoms with Crippen molar-refractivity contribution in [1.29, 1.82) is 0 Å². The Bertz CT molecular complexity index is 487. The van der Waals surface area contributed by atoms with Crippen molar-refractivity contribution in [2.24, 2.45) is 5.41 Å². The SMILES string of the molecule is O=C(NCC1(CCl)CCCCC1)c1cccc(F)c1F. The number of halogens is 3. The van der Waals surface area contributed by atoms with E-state index < -0.39 is 17.5 Å². The van der Waals surface area contributed by atoms with Gasteiger partial charge in [-0.3, -0.25) is 4.79 Å². The molecule has 5 heteroatoms. The molecule has 20 heavy (non-hydrogen) atoms. The van der Waals surface area contributed by atoms with Gasteiger partial charge in [-0.15, -0.1) is 11.6 Å². The highest BCUT2D eigenvalue weighted by atomic mass is 35.5. The maximum Gasteiger partial charge on any atom is 0.254 e. The molecule has 0 heterocycles. The molecule has 1 saturated carbocycles. The van der Waals surface area contributed by atoms with Crippen LogP contribution in [0.1, 0.15) is 42.5 Å². The number of benzene rings is 1. The zero-order chi connectivity index (χ0) is 14.6. The Kier molecular flexibility index (Phi) is 4.97. The molecule has 0 aromatic heterocycles. The third-order valence-electron chi connectivity index (χ3n) is 4.02. The second-order valence-electron chi connectivity index (χ2n) is 5.48. The Morgan fingerprint density at radius 2 is 1.95 bits per heavy atom. The third-order valence-corrected chi connectivity index (χ3v) is 4.58. The minimum Gasteiger partial charge on any atom is -0.351 e. The molecule has 1 aliphatic carbocycles. The van der Waals surface area contributed by atoms with Crippen molar-refractivity contribution in [3.63, 3.8) is 0 Å². The van der Waals surface area contributed by atoms with Crippen LogP contribution < -0.4 is 5.32 Å². The van der Waals surface area contributed by atoms with E-state index in [0.717, 1.165) is 31.7 Å². The third kappa shape index (κ3) is 3.29. The Balaban J connectivity index is 2.02. The molecule has 0 aliphatic heterocycles. The van der Waals surface area contributed by atoms with Crippen LogP contribution in [0.5, 0.6) is 0 Å². The van der Waals surface area contributed by atoms with Crippen LogP contribution in [-0.2, 0) is 0 Å². The van der Waals surface area contributed by atoms with Crippen LogP contribution in [0, 0.1) is 17.0 Å². The van der Waals surface area contributed by atoms with Crippen LogP contribution in [-0.4, -0.2) is 18.3 Å². The lowest BCUT2D eigenvalue weighted by Gasteiger charge is -2.35. The van der Waals surface area contributed by atoms with Gasteiger partial charge in [-0.05, 0) is 25.0 Å². The standard InChI is InChI=1S/C15H18ClF2NO/c16-9-15(7-2-1-3-8-15)10-19-14(20)11-5-4-6-12(17)13(11)18/h4-6H,1-3,7-10H2,(H,19,20). The first-order valence-electron chi connectivity index (χ1n) is 6.86. The van der Waals surface area contributed by atoms with E-state index in [0.29, 0.717) is 12.4 Å². The van der Waals surface area contributed by atoms with E-state index in [4.69, 9.17) is 11.6 Å². The summed E-state index contributed by atoms with van der Waals surface area (Å²) < 4.78 is 26.6. The van der Waals surface area contributed by atoms with Crippen LogP contribution in [0.15, 0.2) is 18.2 Å². The number of carbonyl (C=O) groups excluding carboxylic acids is 1. The predicted octanol–water partition coefficient (Wildman–Crippen LogP) is 3.88. The summed E-state index contributed by atoms with van der Waals surface area (Å²) in [5, 5.41) is 2.70. The van der Waals surface area contributed by atoms with Crippen LogP contribution in [0.25, 0.3) is 0 Å². The Labute approximate surface area is 122 Å². The average Bonchev–Trinajstić information content (AvgIpc) is 2.48. The molecule has 1 fully saturated rings. The van der Waals surface area contributed by atoms with E-state index in [1.165, 1.54) is 18.6 Å². The van der Waals surface area contributed by atoms with Crippen LogP contribution in [0.2, 0.25) is 0 Å². The van der Waals surface area contributed by atoms with Gasteiger partial charge in [0.25, 0.3) is 5.91 Å². The normalized spacial score (nSPS) is 17.8. The molecular weight excluding hydrogens is 284 g/mol. The molecule has 0 radical (unpaired) electrons. The molecule has 0 unspecified atom stereocenters. The number of alkyl halides is 1. The summed E-state index contributed by atoms with van der Waals surface area (Å²) in [6.07, 6.45) is 5.30. The first kappa shape index (κ1) is 15.2. The van der Waals surface area contributed by atoms with Gasteiger partial charge in [-0.2, -0.15) is 0 Å². The summed E-state index contributed by atoms with van der Waals surface area (Å²) in [5.41, 5.74) is -0.371. The maximum atomic E-state index is 13.5. The van der Waals surface area contributed by atoms with Gasteiger partial charge in [-0.1, -0.05) is 25.3 Å². The predicted molar refractivity (Wildman–Crippen MR) is 74.9 cm³/mol. The van der Waals surface area contributed by atoms with Gasteiger partial charge < -0.3 is 5.32 Å². The average molecular weight is 302 g/mol. The van der Waals surface area contributed by atoms with Crippen molar-refractivity contribution >= 4 is 17.5 Å². The fourth-order valence-corrected chi connectivity index (χ4v) is 3.06. The number of rotatable bonds is 4. The summed E-state index contributed by atoms with van der Waals surface area (Å²) in [6.45, 7) is 0.408. The highest BCUT2D eigenvalue weighted by Crippen LogP contribution is 2.36. The zero-order valence-electron chi connectivity index (χ0n) is 11.2. The summed E-state index contributed by atoms with van der Waals surface area (Å²) in [4.78, 5) is 12.0. The second kappa shape index (κ2) is 6.53. The quantitative estimate of drug-likeness (QED) is 0.840. The minimum absolute atomic E-state index is 0.112. The fourth-order valence-electron chi connectivity index (χ4n) is 2.70. The van der Waals surface area contributed by atoms with Gasteiger partial charge in [0, 0.05) is 17.8 Å². The summed E-state index contributed by atoms with van der Waals surface area (Å²) in [6, 6.07) is 3.60. The molecule has 0 saturated heterocycles. The number of hydrogen-bond donors (Lipinski definition) is 1. The maximum absolute atomic E-state index is 13.5. The topological polar surface area (TPSA) is 29.1 Å². The van der Waals surface area contributed by atoms with Gasteiger partial charge in [0.2, 0.25) is 0 Å². The summed E-state index contributed by atoms with van der Waals surface area (Å²) in [5.74, 6) is -2.23. The van der Waals surface area contributed by atoms with Crippen LogP contribution in [0.3, 0.4) is 0 Å². The van der Waals surface area contributed by atoms with Crippen molar-refractivity contribution in [3.8, 4) is 0 Å². The van der Waals surface area contributed by atoms with Gasteiger partial charge in [0.05, 0.1) is 5.56 Å². The highest BCUT2D eigenvalue weighted by molar-refractivity contribution is 6.18. The molecule has 2 nitrogen and oxygen atoms in total. The van der Waals surface area contributed by atoms with Gasteiger partial charge in [-0.25, -0.2) is 8.78 Å². The molecular formula is C15H18ClF2NO. The second-order valence-corrected chi connectivity index (χ2v) is 5.75. The van der Waals surface area contributed by atoms with E-state index in [-0.39, 0.29) is 11.0 Å². The Hall–Kier alpha value is -1.16. The number of nitrogens with one attached hydrogen (secondary N) is 1. The Morgan fingerprint density at radius 3 is 2.60 bits per heavy atom. The summed E-state index contributed by atoms with van der Waals surface area (Å²) in [7, 11) is 0. The van der Waals surface area contributed by atoms with Crippen molar-refractivity contribution in [1.82, 2.24) is 5.32 Å². The molecule has 1 N–H and O–H groups in total. The zero-order valence-corrected chi connectivity index (χ0v) is 12.0. The Morgan fingerprint density at radius 1 is 1.25 bits per heavy atom. The lowest BCUT2D eigenvalue weighted by Crippen LogP contribution is -2.40. The van der Waals surface area contributed by atoms with E-state index >= 15 is 0 Å². The molecule has 1 aliphatic rings. The van der Waals surface area contributed by atoms with E-state index in [9.17, 15) is 13.6 Å². The molecule has 110 valence electrons. The highest BCUT2D eigenvalue weighted by Gasteiger charge is 2.31. The number of hydrogen-bond acceptors (Lipinski definition) is 1. The van der Waals surface area contributed by atoms with E-state index in [2.05, 4.69) is 5.32 Å². The summed E-state index contributed by atoms with van der Waals surface area (Å²) >= 11 is 6.04. The monoisotopic (exact) mass is 301 g/mol. The van der Waals surface area contributed by atoms with Gasteiger partial charge in [0.15, 0.2) is 11.6 Å². The van der Waals surface area contributed by atoms with Crippen LogP contribution >= 0.6 is 11.6 Å². The van der Waals surface area contributed by atoms with Crippen molar-refractivity contribution in [3.05, 3.63) is 35.4 Å². The van der Waals surface area contributed by atoms with Gasteiger partial charge in [0.1, 0.15) is 0 Å². The van der Waals surface area contributed by atoms with Gasteiger partial charge >= 0.3 is 0 Å². The smallest absolute Gasteiger partial charge is 0.254 e. The lowest BCUT2D eigenvalue weighted by atomic mass is 9.75. The first-order chi connectivity index (χ1) is 9.58. The van der Waals surface area contributed by atoms with E-state index in [1.807, 2.05) is 0 Å². The first-order valence-corrected chi connectivity index (χ1v) is 7.40. The minimum atomic E-state index is -1.10. The van der Waals surface area contributed by atoms with Crippen molar-refractivity contribution in [2.45, 2.75) is 32.1 Å². The molecule has 2 rings (SSSR count).